The Kier molecular flexibility index (Phi) is 4.31. The third kappa shape index (κ3) is 2.76. The lowest BCUT2D eigenvalue weighted by molar-refractivity contribution is 0.0601. The number of carbonyl (C=O) groups excluding carboxylic acids is 1. The van der Waals surface area contributed by atoms with Crippen LogP contribution in [0.15, 0.2) is 54.6 Å². The minimum absolute atomic E-state index is 0.415. The van der Waals surface area contributed by atoms with Crippen LogP contribution < -0.4 is 0 Å². The molecular weight excluding hydrogens is 250 g/mol. The van der Waals surface area contributed by atoms with Gasteiger partial charge in [0.15, 0.2) is 0 Å². The Morgan fingerprint density at radius 1 is 1.15 bits per heavy atom. The first-order valence-electron chi connectivity index (χ1n) is 6.11. The molecule has 3 nitrogen and oxygen atoms in total. The van der Waals surface area contributed by atoms with Gasteiger partial charge in [0.1, 0.15) is 0 Å². The third-order valence-corrected chi connectivity index (χ3v) is 2.91. The van der Waals surface area contributed by atoms with Crippen LogP contribution >= 0.6 is 0 Å². The van der Waals surface area contributed by atoms with Crippen LogP contribution in [0.3, 0.4) is 0 Å². The highest BCUT2D eigenvalue weighted by Gasteiger charge is 2.16. The van der Waals surface area contributed by atoms with Gasteiger partial charge in [0, 0.05) is 6.08 Å². The Morgan fingerprint density at radius 2 is 1.90 bits per heavy atom. The van der Waals surface area contributed by atoms with Gasteiger partial charge in [-0.2, -0.15) is 5.26 Å². The normalized spacial score (nSPS) is 10.2. The fraction of sp³-hybridized carbons (Fsp3) is 0.0588. The molecule has 2 aromatic rings. The Balaban J connectivity index is 2.66. The summed E-state index contributed by atoms with van der Waals surface area (Å²) < 4.78 is 4.86. The first-order valence-corrected chi connectivity index (χ1v) is 6.11. The summed E-state index contributed by atoms with van der Waals surface area (Å²) in [5.41, 5.74) is 2.85. The molecule has 0 saturated carbocycles. The second kappa shape index (κ2) is 6.35. The largest absolute Gasteiger partial charge is 0.465 e. The van der Waals surface area contributed by atoms with Crippen LogP contribution in [0.1, 0.15) is 15.9 Å². The molecule has 0 aromatic heterocycles. The minimum Gasteiger partial charge on any atom is -0.465 e. The summed E-state index contributed by atoms with van der Waals surface area (Å²) in [6, 6.07) is 17.0. The molecule has 0 N–H and O–H groups in total. The lowest BCUT2D eigenvalue weighted by Gasteiger charge is -2.11. The number of rotatable bonds is 3. The molecule has 0 bridgehead atoms. The predicted molar refractivity (Wildman–Crippen MR) is 77.9 cm³/mol. The number of esters is 1. The predicted octanol–water partition coefficient (Wildman–Crippen LogP) is 3.68. The summed E-state index contributed by atoms with van der Waals surface area (Å²) in [7, 11) is 1.35. The molecular formula is C17H13NO2. The molecule has 98 valence electrons. The number of benzene rings is 2. The van der Waals surface area contributed by atoms with Crippen molar-refractivity contribution in [2.24, 2.45) is 0 Å². The molecule has 2 rings (SSSR count). The first-order chi connectivity index (χ1) is 9.77. The van der Waals surface area contributed by atoms with Crippen molar-refractivity contribution in [2.75, 3.05) is 7.11 Å². The van der Waals surface area contributed by atoms with Crippen molar-refractivity contribution in [2.45, 2.75) is 0 Å². The molecule has 0 atom stereocenters. The van der Waals surface area contributed by atoms with E-state index in [0.717, 1.165) is 11.1 Å². The van der Waals surface area contributed by atoms with Crippen LogP contribution in [0.5, 0.6) is 0 Å². The Hall–Kier alpha value is -2.86. The van der Waals surface area contributed by atoms with Crippen LogP contribution in [0, 0.1) is 11.3 Å². The van der Waals surface area contributed by atoms with Crippen molar-refractivity contribution in [3.63, 3.8) is 0 Å². The van der Waals surface area contributed by atoms with Gasteiger partial charge in [0.25, 0.3) is 0 Å². The SMILES string of the molecule is COC(=O)c1c(/C=C/C#N)cccc1-c1ccccc1. The standard InChI is InChI=1S/C17H13NO2/c1-20-17(19)16-14(10-6-12-18)9-5-11-15(16)13-7-3-2-4-8-13/h2-11H,1H3/b10-6+. The van der Waals surface area contributed by atoms with Crippen molar-refractivity contribution in [3.8, 4) is 17.2 Å². The maximum absolute atomic E-state index is 12.1. The number of nitriles is 1. The van der Waals surface area contributed by atoms with E-state index in [1.54, 1.807) is 12.1 Å². The minimum atomic E-state index is -0.415. The lowest BCUT2D eigenvalue weighted by atomic mass is 9.95. The summed E-state index contributed by atoms with van der Waals surface area (Å²) in [5.74, 6) is -0.415. The van der Waals surface area contributed by atoms with Crippen molar-refractivity contribution in [1.82, 2.24) is 0 Å². The van der Waals surface area contributed by atoms with Gasteiger partial charge in [-0.3, -0.25) is 0 Å². The molecule has 0 aliphatic heterocycles. The zero-order chi connectivity index (χ0) is 14.4. The average molecular weight is 263 g/mol. The summed E-state index contributed by atoms with van der Waals surface area (Å²) in [6.07, 6.45) is 2.95. The molecule has 0 aliphatic carbocycles. The van der Waals surface area contributed by atoms with E-state index >= 15 is 0 Å². The number of methoxy groups -OCH3 is 1. The maximum atomic E-state index is 12.1. The van der Waals surface area contributed by atoms with Gasteiger partial charge < -0.3 is 4.74 Å². The zero-order valence-corrected chi connectivity index (χ0v) is 11.0. The monoisotopic (exact) mass is 263 g/mol. The number of hydrogen-bond acceptors (Lipinski definition) is 3. The van der Waals surface area contributed by atoms with Crippen molar-refractivity contribution in [1.29, 1.82) is 5.26 Å². The average Bonchev–Trinajstić information content (AvgIpc) is 2.52. The molecule has 20 heavy (non-hydrogen) atoms. The highest BCUT2D eigenvalue weighted by atomic mass is 16.5. The van der Waals surface area contributed by atoms with E-state index in [1.807, 2.05) is 48.5 Å². The summed E-state index contributed by atoms with van der Waals surface area (Å²) in [4.78, 5) is 12.1. The van der Waals surface area contributed by atoms with E-state index in [2.05, 4.69) is 0 Å². The Bertz CT molecular complexity index is 682. The Labute approximate surface area is 117 Å². The van der Waals surface area contributed by atoms with Gasteiger partial charge in [-0.05, 0) is 22.8 Å². The zero-order valence-electron chi connectivity index (χ0n) is 11.0. The molecule has 0 unspecified atom stereocenters. The lowest BCUT2D eigenvalue weighted by Crippen LogP contribution is -2.06. The molecule has 3 heteroatoms. The van der Waals surface area contributed by atoms with Crippen molar-refractivity contribution in [3.05, 3.63) is 65.7 Å². The number of allylic oxidation sites excluding steroid dienone is 1. The van der Waals surface area contributed by atoms with Crippen LogP contribution in [0.2, 0.25) is 0 Å². The van der Waals surface area contributed by atoms with E-state index < -0.39 is 5.97 Å². The molecule has 0 radical (unpaired) electrons. The molecule has 2 aromatic carbocycles. The number of ether oxygens (including phenoxy) is 1. The molecule has 0 heterocycles. The van der Waals surface area contributed by atoms with E-state index in [0.29, 0.717) is 11.1 Å². The summed E-state index contributed by atoms with van der Waals surface area (Å²) in [5, 5.41) is 8.65. The molecule has 0 fully saturated rings. The topological polar surface area (TPSA) is 50.1 Å². The molecule has 0 aliphatic rings. The van der Waals surface area contributed by atoms with E-state index in [-0.39, 0.29) is 0 Å². The quantitative estimate of drug-likeness (QED) is 0.627. The van der Waals surface area contributed by atoms with Crippen molar-refractivity contribution >= 4 is 12.0 Å². The third-order valence-electron chi connectivity index (χ3n) is 2.91. The molecule has 0 spiro atoms. The van der Waals surface area contributed by atoms with E-state index in [1.165, 1.54) is 13.2 Å². The summed E-state index contributed by atoms with van der Waals surface area (Å²) >= 11 is 0. The molecule has 0 saturated heterocycles. The van der Waals surface area contributed by atoms with E-state index in [4.69, 9.17) is 10.00 Å². The second-order valence-corrected chi connectivity index (χ2v) is 4.09. The van der Waals surface area contributed by atoms with Crippen LogP contribution in [0.25, 0.3) is 17.2 Å². The first kappa shape index (κ1) is 13.6. The highest BCUT2D eigenvalue weighted by Crippen LogP contribution is 2.27. The fourth-order valence-corrected chi connectivity index (χ4v) is 2.02. The van der Waals surface area contributed by atoms with Crippen LogP contribution in [-0.2, 0) is 4.74 Å². The Morgan fingerprint density at radius 3 is 2.55 bits per heavy atom. The van der Waals surface area contributed by atoms with Gasteiger partial charge in [0.2, 0.25) is 0 Å². The van der Waals surface area contributed by atoms with E-state index in [9.17, 15) is 4.79 Å². The van der Waals surface area contributed by atoms with Gasteiger partial charge in [-0.1, -0.05) is 48.5 Å². The van der Waals surface area contributed by atoms with Gasteiger partial charge >= 0.3 is 5.97 Å². The van der Waals surface area contributed by atoms with Crippen LogP contribution in [-0.4, -0.2) is 13.1 Å². The number of hydrogen-bond donors (Lipinski definition) is 0. The molecule has 0 amide bonds. The number of carbonyl (C=O) groups is 1. The van der Waals surface area contributed by atoms with Crippen LogP contribution in [0.4, 0.5) is 0 Å². The van der Waals surface area contributed by atoms with Gasteiger partial charge in [-0.15, -0.1) is 0 Å². The second-order valence-electron chi connectivity index (χ2n) is 4.09. The van der Waals surface area contributed by atoms with Gasteiger partial charge in [0.05, 0.1) is 18.7 Å². The maximum Gasteiger partial charge on any atom is 0.339 e. The fourth-order valence-electron chi connectivity index (χ4n) is 2.02. The van der Waals surface area contributed by atoms with Gasteiger partial charge in [-0.25, -0.2) is 4.79 Å². The highest BCUT2D eigenvalue weighted by molar-refractivity contribution is 6.01. The smallest absolute Gasteiger partial charge is 0.339 e. The number of nitrogens with zero attached hydrogens (tertiary/aromatic N) is 1. The summed E-state index contributed by atoms with van der Waals surface area (Å²) in [6.45, 7) is 0. The van der Waals surface area contributed by atoms with Crippen molar-refractivity contribution < 1.29 is 9.53 Å².